The summed E-state index contributed by atoms with van der Waals surface area (Å²) in [5, 5.41) is 10.4. The Hall–Kier alpha value is -2.69. The fourth-order valence-corrected chi connectivity index (χ4v) is 4.44. The Morgan fingerprint density at radius 1 is 0.973 bits per heavy atom. The van der Waals surface area contributed by atoms with Gasteiger partial charge in [0.05, 0.1) is 46.5 Å². The number of nitrogens with zero attached hydrogens (tertiary/aromatic N) is 4. The molecule has 0 bridgehead atoms. The van der Waals surface area contributed by atoms with Crippen LogP contribution >= 0.6 is 7.82 Å². The summed E-state index contributed by atoms with van der Waals surface area (Å²) in [6.07, 6.45) is -0.628. The molecule has 2 atom stereocenters. The number of fused-ring (bicyclic) bond motifs is 2. The lowest BCUT2D eigenvalue weighted by molar-refractivity contribution is -0.870. The zero-order valence-corrected chi connectivity index (χ0v) is 22.3. The molecular formula is C26H34N4O6P+. The Labute approximate surface area is 216 Å². The van der Waals surface area contributed by atoms with Crippen molar-refractivity contribution in [3.8, 4) is 0 Å². The highest BCUT2D eigenvalue weighted by Crippen LogP contribution is 2.43. The lowest BCUT2D eigenvalue weighted by atomic mass is 10.1. The van der Waals surface area contributed by atoms with E-state index in [1.165, 1.54) is 0 Å². The Morgan fingerprint density at radius 2 is 1.73 bits per heavy atom. The lowest BCUT2D eigenvalue weighted by Gasteiger charge is -2.24. The summed E-state index contributed by atoms with van der Waals surface area (Å²) in [6.45, 7) is 1.01. The van der Waals surface area contributed by atoms with Gasteiger partial charge in [-0.3, -0.25) is 9.05 Å². The summed E-state index contributed by atoms with van der Waals surface area (Å²) >= 11 is 0. The van der Waals surface area contributed by atoms with E-state index in [0.717, 1.165) is 27.4 Å². The van der Waals surface area contributed by atoms with Gasteiger partial charge in [0.25, 0.3) is 0 Å². The van der Waals surface area contributed by atoms with E-state index >= 15 is 0 Å². The van der Waals surface area contributed by atoms with Gasteiger partial charge in [-0.25, -0.2) is 9.25 Å². The van der Waals surface area contributed by atoms with Crippen molar-refractivity contribution in [1.29, 1.82) is 0 Å². The van der Waals surface area contributed by atoms with Crippen LogP contribution in [0.1, 0.15) is 5.56 Å². The monoisotopic (exact) mass is 529 g/mol. The fourth-order valence-electron chi connectivity index (χ4n) is 3.70. The summed E-state index contributed by atoms with van der Waals surface area (Å²) in [5.41, 5.74) is 2.61. The second-order valence-corrected chi connectivity index (χ2v) is 11.2. The first-order valence-electron chi connectivity index (χ1n) is 12.1. The molecule has 10 nitrogen and oxygen atoms in total. The van der Waals surface area contributed by atoms with Crippen LogP contribution < -0.4 is 0 Å². The van der Waals surface area contributed by atoms with Gasteiger partial charge < -0.3 is 18.9 Å². The van der Waals surface area contributed by atoms with E-state index in [2.05, 4.69) is 10.3 Å². The maximum Gasteiger partial charge on any atom is 0.472 e. The van der Waals surface area contributed by atoms with Crippen LogP contribution in [0.2, 0.25) is 0 Å². The molecule has 0 aliphatic carbocycles. The number of aromatic nitrogens is 3. The largest absolute Gasteiger partial charge is 0.472 e. The first-order chi connectivity index (χ1) is 17.7. The number of para-hydroxylation sites is 1. The molecule has 3 aromatic carbocycles. The highest BCUT2D eigenvalue weighted by Gasteiger charge is 2.25. The molecule has 0 fully saturated rings. The average molecular weight is 530 g/mol. The highest BCUT2D eigenvalue weighted by atomic mass is 31.2. The molecule has 0 saturated heterocycles. The minimum Gasteiger partial charge on any atom is -0.369 e. The van der Waals surface area contributed by atoms with Crippen LogP contribution in [0.15, 0.2) is 66.7 Å². The van der Waals surface area contributed by atoms with Crippen LogP contribution in [0.5, 0.6) is 0 Å². The maximum atomic E-state index is 12.4. The second kappa shape index (κ2) is 12.2. The molecule has 1 heterocycles. The van der Waals surface area contributed by atoms with Gasteiger partial charge in [0.1, 0.15) is 31.5 Å². The van der Waals surface area contributed by atoms with Gasteiger partial charge in [-0.15, -0.1) is 5.10 Å². The standard InChI is InChI=1S/C26H33N4O6P/c1-30(2,3)15-16-35-37(31,32)36-19-23(18-33-20-29-26-14-7-6-13-25(26)27-28-29)34-17-22-11-8-10-21-9-4-5-12-24(21)22/h4-14,23H,15-20H2,1-3H3/p+1. The molecule has 0 radical (unpaired) electrons. The number of likely N-dealkylation sites (N-methyl/N-ethyl adjacent to an activating group) is 1. The molecule has 37 heavy (non-hydrogen) atoms. The van der Waals surface area contributed by atoms with Crippen LogP contribution in [0.4, 0.5) is 0 Å². The first-order valence-corrected chi connectivity index (χ1v) is 13.6. The molecule has 0 amide bonds. The van der Waals surface area contributed by atoms with E-state index in [0.29, 0.717) is 11.0 Å². The number of phosphoric acid groups is 1. The van der Waals surface area contributed by atoms with E-state index < -0.39 is 13.9 Å². The number of ether oxygens (including phenoxy) is 2. The van der Waals surface area contributed by atoms with Crippen molar-refractivity contribution in [3.05, 3.63) is 72.3 Å². The predicted molar refractivity (Wildman–Crippen MR) is 141 cm³/mol. The van der Waals surface area contributed by atoms with Crippen LogP contribution in [-0.2, 0) is 36.4 Å². The first kappa shape index (κ1) is 27.3. The lowest BCUT2D eigenvalue weighted by Crippen LogP contribution is -2.37. The van der Waals surface area contributed by atoms with Crippen molar-refractivity contribution in [2.75, 3.05) is 47.5 Å². The van der Waals surface area contributed by atoms with Crippen molar-refractivity contribution >= 4 is 29.6 Å². The van der Waals surface area contributed by atoms with Crippen LogP contribution in [0.25, 0.3) is 21.8 Å². The minimum absolute atomic E-state index is 0.0919. The van der Waals surface area contributed by atoms with Crippen molar-refractivity contribution in [2.24, 2.45) is 0 Å². The van der Waals surface area contributed by atoms with E-state index in [9.17, 15) is 9.46 Å². The van der Waals surface area contributed by atoms with Crippen LogP contribution in [0, 0.1) is 0 Å². The quantitative estimate of drug-likeness (QED) is 0.193. The summed E-state index contributed by atoms with van der Waals surface area (Å²) < 4.78 is 37.1. The van der Waals surface area contributed by atoms with Crippen molar-refractivity contribution in [3.63, 3.8) is 0 Å². The molecule has 4 aromatic rings. The smallest absolute Gasteiger partial charge is 0.369 e. The average Bonchev–Trinajstić information content (AvgIpc) is 3.27. The molecule has 1 aromatic heterocycles. The summed E-state index contributed by atoms with van der Waals surface area (Å²) in [6, 6.07) is 21.6. The van der Waals surface area contributed by atoms with E-state index in [4.69, 9.17) is 18.5 Å². The van der Waals surface area contributed by atoms with E-state index in [-0.39, 0.29) is 33.2 Å². The zero-order valence-electron chi connectivity index (χ0n) is 21.4. The molecule has 0 saturated carbocycles. The van der Waals surface area contributed by atoms with Crippen LogP contribution in [-0.4, -0.2) is 78.0 Å². The molecule has 1 N–H and O–H groups in total. The third-order valence-electron chi connectivity index (χ3n) is 5.73. The molecule has 2 unspecified atom stereocenters. The van der Waals surface area contributed by atoms with Gasteiger partial charge in [0, 0.05) is 0 Å². The van der Waals surface area contributed by atoms with Crippen molar-refractivity contribution in [1.82, 2.24) is 15.0 Å². The number of rotatable bonds is 14. The van der Waals surface area contributed by atoms with Crippen molar-refractivity contribution in [2.45, 2.75) is 19.4 Å². The highest BCUT2D eigenvalue weighted by molar-refractivity contribution is 7.47. The van der Waals surface area contributed by atoms with Gasteiger partial charge in [0.15, 0.2) is 0 Å². The Kier molecular flexibility index (Phi) is 9.04. The number of phosphoric ester groups is 1. The molecule has 0 spiro atoms. The van der Waals surface area contributed by atoms with Gasteiger partial charge >= 0.3 is 7.82 Å². The van der Waals surface area contributed by atoms with Gasteiger partial charge in [-0.05, 0) is 28.5 Å². The van der Waals surface area contributed by atoms with Crippen molar-refractivity contribution < 1.29 is 32.5 Å². The third-order valence-corrected chi connectivity index (χ3v) is 6.72. The topological polar surface area (TPSA) is 105 Å². The summed E-state index contributed by atoms with van der Waals surface area (Å²) in [7, 11) is 1.66. The Balaban J connectivity index is 1.38. The van der Waals surface area contributed by atoms with Gasteiger partial charge in [0.2, 0.25) is 0 Å². The minimum atomic E-state index is -4.25. The molecule has 0 aliphatic rings. The SMILES string of the molecule is C[N+](C)(C)CCOP(=O)(O)OCC(COCn1nnc2ccccc21)OCc1cccc2ccccc12. The second-order valence-electron chi connectivity index (χ2n) is 9.76. The molecule has 4 rings (SSSR count). The zero-order chi connectivity index (χ0) is 26.3. The van der Waals surface area contributed by atoms with E-state index in [1.54, 1.807) is 4.68 Å². The summed E-state index contributed by atoms with van der Waals surface area (Å²) in [5.74, 6) is 0. The molecule has 11 heteroatoms. The maximum absolute atomic E-state index is 12.4. The molecule has 198 valence electrons. The van der Waals surface area contributed by atoms with E-state index in [1.807, 2.05) is 87.9 Å². The number of hydrogen-bond acceptors (Lipinski definition) is 7. The number of benzene rings is 3. The van der Waals surface area contributed by atoms with Crippen LogP contribution in [0.3, 0.4) is 0 Å². The molecular weight excluding hydrogens is 495 g/mol. The third kappa shape index (κ3) is 8.15. The molecule has 0 aliphatic heterocycles. The number of hydrogen-bond donors (Lipinski definition) is 1. The summed E-state index contributed by atoms with van der Waals surface area (Å²) in [4.78, 5) is 10.2. The Bertz CT molecular complexity index is 1350. The van der Waals surface area contributed by atoms with Gasteiger partial charge in [-0.2, -0.15) is 0 Å². The van der Waals surface area contributed by atoms with Gasteiger partial charge in [-0.1, -0.05) is 59.8 Å². The predicted octanol–water partition coefficient (Wildman–Crippen LogP) is 3.98. The number of quaternary nitrogens is 1. The fraction of sp³-hybridized carbons (Fsp3) is 0.385. The normalized spacial score (nSPS) is 14.7. The Morgan fingerprint density at radius 3 is 2.57 bits per heavy atom.